The summed E-state index contributed by atoms with van der Waals surface area (Å²) in [5.74, 6) is 2.76. The first kappa shape index (κ1) is 16.9. The summed E-state index contributed by atoms with van der Waals surface area (Å²) in [6.45, 7) is 2.69. The number of likely N-dealkylation sites (tertiary alicyclic amines) is 1. The predicted molar refractivity (Wildman–Crippen MR) is 102 cm³/mol. The minimum Gasteiger partial charge on any atom is -0.352 e. The lowest BCUT2D eigenvalue weighted by Gasteiger charge is -2.46. The number of carbonyl (C=O) groups is 1. The fourth-order valence-corrected chi connectivity index (χ4v) is 4.27. The van der Waals surface area contributed by atoms with Crippen LogP contribution in [0.4, 0.5) is 5.82 Å². The van der Waals surface area contributed by atoms with Crippen LogP contribution in [0.5, 0.6) is 0 Å². The quantitative estimate of drug-likeness (QED) is 0.805. The second kappa shape index (κ2) is 6.44. The van der Waals surface area contributed by atoms with Crippen molar-refractivity contribution in [2.75, 3.05) is 38.6 Å². The zero-order chi connectivity index (χ0) is 18.5. The number of aromatic nitrogens is 4. The molecule has 0 N–H and O–H groups in total. The second-order valence-electron chi connectivity index (χ2n) is 8.29. The van der Waals surface area contributed by atoms with Gasteiger partial charge >= 0.3 is 0 Å². The summed E-state index contributed by atoms with van der Waals surface area (Å²) in [5.41, 5.74) is 0.821. The van der Waals surface area contributed by atoms with Crippen molar-refractivity contribution >= 4 is 17.4 Å². The lowest BCUT2D eigenvalue weighted by molar-refractivity contribution is -0.135. The fraction of sp³-hybridized carbons (Fsp3) is 0.684. The van der Waals surface area contributed by atoms with Crippen LogP contribution in [0.15, 0.2) is 12.1 Å². The predicted octanol–water partition coefficient (Wildman–Crippen LogP) is 1.13. The van der Waals surface area contributed by atoms with E-state index in [-0.39, 0.29) is 11.9 Å². The van der Waals surface area contributed by atoms with E-state index in [4.69, 9.17) is 5.10 Å². The first-order valence-electron chi connectivity index (χ1n) is 10.1. The molecule has 2 aliphatic heterocycles. The maximum Gasteiger partial charge on any atom is 0.239 e. The van der Waals surface area contributed by atoms with Crippen molar-refractivity contribution in [2.45, 2.75) is 50.1 Å². The molecule has 144 valence electrons. The highest BCUT2D eigenvalue weighted by atomic mass is 16.2. The van der Waals surface area contributed by atoms with Gasteiger partial charge in [0.2, 0.25) is 5.91 Å². The molecule has 1 unspecified atom stereocenters. The zero-order valence-corrected chi connectivity index (χ0v) is 16.1. The molecular weight excluding hydrogens is 342 g/mol. The van der Waals surface area contributed by atoms with E-state index in [0.29, 0.717) is 12.0 Å². The number of rotatable bonds is 4. The van der Waals surface area contributed by atoms with Crippen LogP contribution in [-0.4, -0.2) is 81.3 Å². The lowest BCUT2D eigenvalue weighted by atomic mass is 10.0. The van der Waals surface area contributed by atoms with Crippen molar-refractivity contribution < 1.29 is 4.79 Å². The minimum absolute atomic E-state index is 0.0133. The number of nitrogens with zero attached hydrogens (tertiary/aromatic N) is 7. The molecule has 2 saturated heterocycles. The van der Waals surface area contributed by atoms with E-state index in [9.17, 15) is 4.79 Å². The van der Waals surface area contributed by atoms with E-state index in [1.165, 1.54) is 12.8 Å². The van der Waals surface area contributed by atoms with Crippen LogP contribution in [0.2, 0.25) is 0 Å². The molecule has 2 aromatic heterocycles. The standard InChI is InChI=1S/C19H27N7O/c1-23-10-4-3-5-15(19(23)27)24(2)14-11-25(12-14)17-9-8-16-20-21-18(13-6-7-13)26(16)22-17/h8-9,13-15H,3-7,10-12H2,1-2H3. The van der Waals surface area contributed by atoms with Gasteiger partial charge in [-0.05, 0) is 51.3 Å². The van der Waals surface area contributed by atoms with E-state index in [0.717, 1.165) is 56.2 Å². The first-order valence-corrected chi connectivity index (χ1v) is 10.1. The van der Waals surface area contributed by atoms with E-state index in [2.05, 4.69) is 27.0 Å². The topological polar surface area (TPSA) is 69.9 Å². The van der Waals surface area contributed by atoms with Gasteiger partial charge in [0.05, 0.1) is 6.04 Å². The highest BCUT2D eigenvalue weighted by Crippen LogP contribution is 2.39. The van der Waals surface area contributed by atoms with Crippen molar-refractivity contribution in [3.63, 3.8) is 0 Å². The summed E-state index contributed by atoms with van der Waals surface area (Å²) in [6.07, 6.45) is 5.57. The normalized spacial score (nSPS) is 24.6. The van der Waals surface area contributed by atoms with Gasteiger partial charge in [0.1, 0.15) is 5.82 Å². The molecule has 0 spiro atoms. The molecule has 2 aromatic rings. The lowest BCUT2D eigenvalue weighted by Crippen LogP contribution is -2.62. The molecular formula is C19H27N7O. The third-order valence-corrected chi connectivity index (χ3v) is 6.35. The summed E-state index contributed by atoms with van der Waals surface area (Å²) in [6, 6.07) is 4.44. The largest absolute Gasteiger partial charge is 0.352 e. The molecule has 3 aliphatic rings. The smallest absolute Gasteiger partial charge is 0.239 e. The number of likely N-dealkylation sites (N-methyl/N-ethyl adjacent to an activating group) is 2. The van der Waals surface area contributed by atoms with E-state index < -0.39 is 0 Å². The Morgan fingerprint density at radius 3 is 2.70 bits per heavy atom. The van der Waals surface area contributed by atoms with Gasteiger partial charge in [-0.25, -0.2) is 0 Å². The van der Waals surface area contributed by atoms with Gasteiger partial charge in [-0.15, -0.1) is 15.3 Å². The van der Waals surface area contributed by atoms with Gasteiger partial charge in [0.15, 0.2) is 11.5 Å². The van der Waals surface area contributed by atoms with Crippen molar-refractivity contribution in [1.29, 1.82) is 0 Å². The molecule has 0 radical (unpaired) electrons. The zero-order valence-electron chi connectivity index (χ0n) is 16.1. The Bertz CT molecular complexity index is 855. The molecule has 1 amide bonds. The van der Waals surface area contributed by atoms with Crippen molar-refractivity contribution in [1.82, 2.24) is 29.6 Å². The first-order chi connectivity index (χ1) is 13.1. The molecule has 1 saturated carbocycles. The molecule has 8 heteroatoms. The molecule has 3 fully saturated rings. The third kappa shape index (κ3) is 2.96. The summed E-state index contributed by atoms with van der Waals surface area (Å²) >= 11 is 0. The Hall–Kier alpha value is -2.22. The summed E-state index contributed by atoms with van der Waals surface area (Å²) in [4.78, 5) is 19.1. The van der Waals surface area contributed by atoms with Crippen molar-refractivity contribution in [3.05, 3.63) is 18.0 Å². The van der Waals surface area contributed by atoms with E-state index in [1.54, 1.807) is 0 Å². The second-order valence-corrected chi connectivity index (χ2v) is 8.29. The number of fused-ring (bicyclic) bond motifs is 1. The van der Waals surface area contributed by atoms with E-state index >= 15 is 0 Å². The highest BCUT2D eigenvalue weighted by Gasteiger charge is 2.38. The summed E-state index contributed by atoms with van der Waals surface area (Å²) < 4.78 is 1.91. The summed E-state index contributed by atoms with van der Waals surface area (Å²) in [5, 5.41) is 13.3. The molecule has 0 aromatic carbocycles. The molecule has 4 heterocycles. The fourth-order valence-electron chi connectivity index (χ4n) is 4.27. The van der Waals surface area contributed by atoms with Gasteiger partial charge < -0.3 is 9.80 Å². The SMILES string of the molecule is CN1CCCCC(N(C)C2CN(c3ccc4nnc(C5CC5)n4n3)C2)C1=O. The van der Waals surface area contributed by atoms with Crippen LogP contribution in [0.25, 0.3) is 5.65 Å². The molecule has 1 atom stereocenters. The minimum atomic E-state index is 0.0133. The average molecular weight is 369 g/mol. The molecule has 27 heavy (non-hydrogen) atoms. The molecule has 1 aliphatic carbocycles. The number of anilines is 1. The number of carbonyl (C=O) groups excluding carboxylic acids is 1. The highest BCUT2D eigenvalue weighted by molar-refractivity contribution is 5.82. The van der Waals surface area contributed by atoms with Gasteiger partial charge in [-0.1, -0.05) is 0 Å². The monoisotopic (exact) mass is 369 g/mol. The molecule has 0 bridgehead atoms. The van der Waals surface area contributed by atoms with E-state index in [1.807, 2.05) is 28.6 Å². The Morgan fingerprint density at radius 1 is 1.11 bits per heavy atom. The van der Waals surface area contributed by atoms with Crippen molar-refractivity contribution in [3.8, 4) is 0 Å². The van der Waals surface area contributed by atoms with Crippen LogP contribution in [0.3, 0.4) is 0 Å². The van der Waals surface area contributed by atoms with Crippen LogP contribution < -0.4 is 4.90 Å². The van der Waals surface area contributed by atoms with Crippen LogP contribution in [0, 0.1) is 0 Å². The number of hydrogen-bond acceptors (Lipinski definition) is 6. The van der Waals surface area contributed by atoms with Crippen LogP contribution in [0.1, 0.15) is 43.8 Å². The average Bonchev–Trinajstić information content (AvgIpc) is 3.40. The third-order valence-electron chi connectivity index (χ3n) is 6.35. The molecule has 5 rings (SSSR count). The number of hydrogen-bond donors (Lipinski definition) is 0. The Morgan fingerprint density at radius 2 is 1.93 bits per heavy atom. The summed E-state index contributed by atoms with van der Waals surface area (Å²) in [7, 11) is 4.03. The Labute approximate surface area is 159 Å². The molecule has 8 nitrogen and oxygen atoms in total. The van der Waals surface area contributed by atoms with Gasteiger partial charge in [-0.2, -0.15) is 4.52 Å². The van der Waals surface area contributed by atoms with Crippen molar-refractivity contribution in [2.24, 2.45) is 0 Å². The maximum absolute atomic E-state index is 12.6. The Kier molecular flexibility index (Phi) is 4.03. The van der Waals surface area contributed by atoms with Gasteiger partial charge in [-0.3, -0.25) is 9.69 Å². The maximum atomic E-state index is 12.6. The van der Waals surface area contributed by atoms with Crippen LogP contribution >= 0.6 is 0 Å². The van der Waals surface area contributed by atoms with Gasteiger partial charge in [0, 0.05) is 38.6 Å². The number of amides is 1. The van der Waals surface area contributed by atoms with Crippen LogP contribution in [-0.2, 0) is 4.79 Å². The Balaban J connectivity index is 1.28. The van der Waals surface area contributed by atoms with Gasteiger partial charge in [0.25, 0.3) is 0 Å².